The minimum Gasteiger partial charge on any atom is -0.339 e. The normalized spacial score (nSPS) is 14.3. The van der Waals surface area contributed by atoms with Gasteiger partial charge in [-0.1, -0.05) is 28.1 Å². The van der Waals surface area contributed by atoms with Crippen LogP contribution in [0.25, 0.3) is 11.2 Å². The van der Waals surface area contributed by atoms with Gasteiger partial charge in [-0.15, -0.1) is 0 Å². The van der Waals surface area contributed by atoms with E-state index in [1.165, 1.54) is 11.6 Å². The van der Waals surface area contributed by atoms with Crippen molar-refractivity contribution in [2.45, 2.75) is 6.54 Å². The van der Waals surface area contributed by atoms with Crippen molar-refractivity contribution in [2.24, 2.45) is 14.1 Å². The van der Waals surface area contributed by atoms with E-state index in [4.69, 9.17) is 4.98 Å². The predicted octanol–water partition coefficient (Wildman–Crippen LogP) is 1.36. The van der Waals surface area contributed by atoms with Crippen LogP contribution >= 0.6 is 15.9 Å². The van der Waals surface area contributed by atoms with Gasteiger partial charge in [-0.25, -0.2) is 14.8 Å². The maximum absolute atomic E-state index is 13.1. The summed E-state index contributed by atoms with van der Waals surface area (Å²) in [5.41, 5.74) is 1.11. The van der Waals surface area contributed by atoms with Crippen LogP contribution in [0, 0.1) is 0 Å². The lowest BCUT2D eigenvalue weighted by Crippen LogP contribution is -2.48. The highest BCUT2D eigenvalue weighted by molar-refractivity contribution is 9.10. The third kappa shape index (κ3) is 3.82. The van der Waals surface area contributed by atoms with Gasteiger partial charge in [-0.2, -0.15) is 4.98 Å². The highest BCUT2D eigenvalue weighted by atomic mass is 79.9. The van der Waals surface area contributed by atoms with E-state index in [-0.39, 0.29) is 5.56 Å². The fourth-order valence-electron chi connectivity index (χ4n) is 4.16. The molecule has 10 nitrogen and oxygen atoms in total. The SMILES string of the molecule is Cn1c(=O)c2c(nc(N3CCN(c4ncccn4)CC3)n2Cc2ccc(Br)cc2)n(C)c1=O. The number of nitrogens with zero attached hydrogens (tertiary/aromatic N) is 8. The molecule has 3 aromatic heterocycles. The molecule has 1 aliphatic rings. The van der Waals surface area contributed by atoms with Gasteiger partial charge in [0.1, 0.15) is 0 Å². The number of hydrogen-bond donors (Lipinski definition) is 0. The molecule has 1 fully saturated rings. The van der Waals surface area contributed by atoms with E-state index in [9.17, 15) is 9.59 Å². The molecular weight excluding hydrogens is 488 g/mol. The summed E-state index contributed by atoms with van der Waals surface area (Å²) < 4.78 is 5.48. The Hall–Kier alpha value is -3.47. The van der Waals surface area contributed by atoms with Crippen molar-refractivity contribution >= 4 is 39.0 Å². The number of halogens is 1. The van der Waals surface area contributed by atoms with Crippen LogP contribution in [0.5, 0.6) is 0 Å². The Balaban J connectivity index is 1.57. The second-order valence-corrected chi connectivity index (χ2v) is 8.94. The highest BCUT2D eigenvalue weighted by Gasteiger charge is 2.26. The monoisotopic (exact) mass is 510 g/mol. The van der Waals surface area contributed by atoms with E-state index in [1.54, 1.807) is 25.5 Å². The summed E-state index contributed by atoms with van der Waals surface area (Å²) in [5.74, 6) is 1.39. The summed E-state index contributed by atoms with van der Waals surface area (Å²) in [6.45, 7) is 3.30. The summed E-state index contributed by atoms with van der Waals surface area (Å²) in [6.07, 6.45) is 3.48. The number of fused-ring (bicyclic) bond motifs is 1. The van der Waals surface area contributed by atoms with Crippen molar-refractivity contribution < 1.29 is 0 Å². The zero-order valence-corrected chi connectivity index (χ0v) is 19.9. The first kappa shape index (κ1) is 21.4. The van der Waals surface area contributed by atoms with Crippen LogP contribution < -0.4 is 21.0 Å². The molecule has 33 heavy (non-hydrogen) atoms. The van der Waals surface area contributed by atoms with Crippen molar-refractivity contribution in [3.05, 3.63) is 73.6 Å². The van der Waals surface area contributed by atoms with Gasteiger partial charge in [0.15, 0.2) is 11.2 Å². The molecule has 1 aliphatic heterocycles. The molecule has 0 saturated carbocycles. The van der Waals surface area contributed by atoms with Gasteiger partial charge in [-0.05, 0) is 23.8 Å². The number of rotatable bonds is 4. The van der Waals surface area contributed by atoms with Crippen molar-refractivity contribution in [1.82, 2.24) is 28.7 Å². The maximum atomic E-state index is 13.1. The summed E-state index contributed by atoms with van der Waals surface area (Å²) in [7, 11) is 3.15. The highest BCUT2D eigenvalue weighted by Crippen LogP contribution is 2.24. The van der Waals surface area contributed by atoms with Gasteiger partial charge in [0.05, 0.1) is 6.54 Å². The first-order chi connectivity index (χ1) is 15.9. The molecule has 0 bridgehead atoms. The van der Waals surface area contributed by atoms with Crippen molar-refractivity contribution in [3.8, 4) is 0 Å². The summed E-state index contributed by atoms with van der Waals surface area (Å²) in [6, 6.07) is 9.77. The van der Waals surface area contributed by atoms with Crippen LogP contribution in [0.15, 0.2) is 56.8 Å². The Morgan fingerprint density at radius 1 is 0.909 bits per heavy atom. The molecule has 5 rings (SSSR count). The lowest BCUT2D eigenvalue weighted by atomic mass is 10.2. The number of imidazole rings is 1. The number of piperazine rings is 1. The predicted molar refractivity (Wildman–Crippen MR) is 130 cm³/mol. The molecule has 170 valence electrons. The number of anilines is 2. The van der Waals surface area contributed by atoms with E-state index in [1.807, 2.05) is 28.8 Å². The molecule has 1 saturated heterocycles. The third-order valence-electron chi connectivity index (χ3n) is 5.98. The maximum Gasteiger partial charge on any atom is 0.332 e. The van der Waals surface area contributed by atoms with Crippen molar-refractivity contribution in [1.29, 1.82) is 0 Å². The molecule has 0 amide bonds. The fourth-order valence-corrected chi connectivity index (χ4v) is 4.42. The number of benzene rings is 1. The molecule has 0 N–H and O–H groups in total. The topological polar surface area (TPSA) is 94.1 Å². The molecule has 11 heteroatoms. The van der Waals surface area contributed by atoms with E-state index in [2.05, 4.69) is 35.7 Å². The molecule has 4 heterocycles. The summed E-state index contributed by atoms with van der Waals surface area (Å²) in [4.78, 5) is 43.4. The third-order valence-corrected chi connectivity index (χ3v) is 6.51. The van der Waals surface area contributed by atoms with Gasteiger partial charge in [0, 0.05) is 57.1 Å². The van der Waals surface area contributed by atoms with Crippen LogP contribution in [0.2, 0.25) is 0 Å². The molecule has 0 unspecified atom stereocenters. The molecule has 1 aromatic carbocycles. The molecule has 4 aromatic rings. The Kier molecular flexibility index (Phi) is 5.49. The van der Waals surface area contributed by atoms with Crippen LogP contribution in [0.1, 0.15) is 5.56 Å². The Bertz CT molecular complexity index is 1420. The quantitative estimate of drug-likeness (QED) is 0.409. The summed E-state index contributed by atoms with van der Waals surface area (Å²) >= 11 is 3.47. The van der Waals surface area contributed by atoms with E-state index in [0.717, 1.165) is 27.7 Å². The zero-order valence-electron chi connectivity index (χ0n) is 18.3. The Morgan fingerprint density at radius 3 is 2.21 bits per heavy atom. The minimum absolute atomic E-state index is 0.347. The van der Waals surface area contributed by atoms with Crippen LogP contribution in [0.3, 0.4) is 0 Å². The van der Waals surface area contributed by atoms with Crippen molar-refractivity contribution in [3.63, 3.8) is 0 Å². The van der Waals surface area contributed by atoms with Gasteiger partial charge in [-0.3, -0.25) is 18.5 Å². The number of aromatic nitrogens is 6. The van der Waals surface area contributed by atoms with Gasteiger partial charge >= 0.3 is 5.69 Å². The molecular formula is C22H23BrN8O2. The Morgan fingerprint density at radius 2 is 1.55 bits per heavy atom. The van der Waals surface area contributed by atoms with Crippen LogP contribution in [-0.4, -0.2) is 54.8 Å². The van der Waals surface area contributed by atoms with Gasteiger partial charge < -0.3 is 9.80 Å². The lowest BCUT2D eigenvalue weighted by Gasteiger charge is -2.35. The smallest absolute Gasteiger partial charge is 0.332 e. The minimum atomic E-state index is -0.390. The second kappa shape index (κ2) is 8.47. The molecule has 0 aliphatic carbocycles. The first-order valence-electron chi connectivity index (χ1n) is 10.6. The van der Waals surface area contributed by atoms with Crippen LogP contribution in [0.4, 0.5) is 11.9 Å². The van der Waals surface area contributed by atoms with Gasteiger partial charge in [0.25, 0.3) is 5.56 Å². The van der Waals surface area contributed by atoms with Crippen LogP contribution in [-0.2, 0) is 20.6 Å². The molecule has 0 radical (unpaired) electrons. The zero-order chi connectivity index (χ0) is 23.1. The molecule has 0 spiro atoms. The summed E-state index contributed by atoms with van der Waals surface area (Å²) in [5, 5.41) is 0. The van der Waals surface area contributed by atoms with E-state index >= 15 is 0 Å². The van der Waals surface area contributed by atoms with Gasteiger partial charge in [0.2, 0.25) is 11.9 Å². The number of hydrogen-bond acceptors (Lipinski definition) is 7. The average molecular weight is 511 g/mol. The lowest BCUT2D eigenvalue weighted by molar-refractivity contribution is 0.615. The fraction of sp³-hybridized carbons (Fsp3) is 0.318. The largest absolute Gasteiger partial charge is 0.339 e. The molecule has 0 atom stereocenters. The average Bonchev–Trinajstić information content (AvgIpc) is 3.22. The standard InChI is InChI=1S/C22H23BrN8O2/c1-27-18-17(19(32)28(2)22(27)33)31(14-15-4-6-16(23)7-5-15)21(26-18)30-12-10-29(11-13-30)20-24-8-3-9-25-20/h3-9H,10-14H2,1-2H3. The van der Waals surface area contributed by atoms with E-state index in [0.29, 0.717) is 42.7 Å². The number of aryl methyl sites for hydroxylation is 1. The van der Waals surface area contributed by atoms with E-state index < -0.39 is 5.69 Å². The first-order valence-corrected chi connectivity index (χ1v) is 11.4. The van der Waals surface area contributed by atoms with Crippen molar-refractivity contribution in [2.75, 3.05) is 36.0 Å². The Labute approximate surface area is 197 Å². The second-order valence-electron chi connectivity index (χ2n) is 8.03.